The van der Waals surface area contributed by atoms with Crippen LogP contribution in [0, 0.1) is 0 Å². The van der Waals surface area contributed by atoms with Gasteiger partial charge in [0.25, 0.3) is 0 Å². The number of rotatable bonds is 1. The van der Waals surface area contributed by atoms with E-state index in [4.69, 9.17) is 0 Å². The predicted molar refractivity (Wildman–Crippen MR) is 116 cm³/mol. The number of methoxy groups -OCH3 is 1. The number of phenolic OH excluding ortho intramolecular Hbond substituents is 1. The highest BCUT2D eigenvalue weighted by Crippen LogP contribution is 2.44. The van der Waals surface area contributed by atoms with Gasteiger partial charge < -0.3 is 14.8 Å². The van der Waals surface area contributed by atoms with Crippen LogP contribution in [0.2, 0.25) is 0 Å². The molecule has 3 heterocycles. The fourth-order valence-corrected chi connectivity index (χ4v) is 4.33. The van der Waals surface area contributed by atoms with E-state index in [0.29, 0.717) is 4.47 Å². The normalized spacial score (nSPS) is 18.8. The summed E-state index contributed by atoms with van der Waals surface area (Å²) >= 11 is 3.41. The fraction of sp³-hybridized carbons (Fsp3) is 0.143. The van der Waals surface area contributed by atoms with E-state index < -0.39 is 6.09 Å². The van der Waals surface area contributed by atoms with E-state index >= 15 is 0 Å². The van der Waals surface area contributed by atoms with Gasteiger partial charge in [0.05, 0.1) is 29.2 Å². The standard InChI is InChI=1S/C21H18BrN5O3/c1-30-21(29)25-20-24-10-13-4-2-12-9-23-19-14(11-3-7-17(28)15(22)8-11)5-6-16(18(12)19)27(13)26-20/h2-4,6-10,14,23,28H,5H2,1H3,(H2,24,25,26,29). The number of guanidine groups is 1. The van der Waals surface area contributed by atoms with Crippen LogP contribution in [0.5, 0.6) is 5.75 Å². The van der Waals surface area contributed by atoms with Crippen molar-refractivity contribution in [3.05, 3.63) is 75.3 Å². The minimum atomic E-state index is -0.595. The maximum absolute atomic E-state index is 11.6. The van der Waals surface area contributed by atoms with Crippen LogP contribution in [0.15, 0.2) is 57.9 Å². The minimum Gasteiger partial charge on any atom is -0.507 e. The summed E-state index contributed by atoms with van der Waals surface area (Å²) in [6, 6.07) is 5.60. The summed E-state index contributed by atoms with van der Waals surface area (Å²) in [5.41, 5.74) is 9.33. The molecule has 4 N–H and O–H groups in total. The monoisotopic (exact) mass is 467 g/mol. The molecule has 1 amide bonds. The number of halogens is 1. The molecule has 1 unspecified atom stereocenters. The maximum Gasteiger partial charge on any atom is 0.413 e. The number of nitrogens with one attached hydrogen (secondary N) is 3. The molecule has 0 saturated heterocycles. The Kier molecular flexibility index (Phi) is 4.39. The van der Waals surface area contributed by atoms with Crippen molar-refractivity contribution >= 4 is 39.8 Å². The zero-order chi connectivity index (χ0) is 20.8. The van der Waals surface area contributed by atoms with Crippen molar-refractivity contribution in [1.82, 2.24) is 20.7 Å². The van der Waals surface area contributed by atoms with Crippen LogP contribution in [0.3, 0.4) is 0 Å². The van der Waals surface area contributed by atoms with Gasteiger partial charge in [0.2, 0.25) is 5.96 Å². The molecular weight excluding hydrogens is 450 g/mol. The number of hydrogen-bond donors (Lipinski definition) is 4. The molecule has 3 aliphatic rings. The molecule has 1 aromatic heterocycles. The molecule has 5 rings (SSSR count). The van der Waals surface area contributed by atoms with Crippen molar-refractivity contribution in [2.75, 3.05) is 7.11 Å². The SMILES string of the molecule is COC(=O)NC1=NC=C2C=Cc3c[nH]c4c3C(=CCC4c3ccc(O)c(Br)c3)N2N1. The Morgan fingerprint density at radius 1 is 1.40 bits per heavy atom. The lowest BCUT2D eigenvalue weighted by Crippen LogP contribution is -2.50. The highest BCUT2D eigenvalue weighted by Gasteiger charge is 2.33. The molecule has 0 spiro atoms. The number of carbonyl (C=O) groups excluding carboxylic acids is 1. The molecule has 0 bridgehead atoms. The van der Waals surface area contributed by atoms with E-state index in [9.17, 15) is 9.90 Å². The zero-order valence-electron chi connectivity index (χ0n) is 15.9. The lowest BCUT2D eigenvalue weighted by Gasteiger charge is -2.34. The van der Waals surface area contributed by atoms with Crippen molar-refractivity contribution in [1.29, 1.82) is 0 Å². The third-order valence-corrected chi connectivity index (χ3v) is 5.98. The molecule has 30 heavy (non-hydrogen) atoms. The van der Waals surface area contributed by atoms with Crippen molar-refractivity contribution in [3.63, 3.8) is 0 Å². The highest BCUT2D eigenvalue weighted by atomic mass is 79.9. The smallest absolute Gasteiger partial charge is 0.413 e. The van der Waals surface area contributed by atoms with Crippen molar-refractivity contribution < 1.29 is 14.6 Å². The molecule has 9 heteroatoms. The first-order valence-electron chi connectivity index (χ1n) is 9.33. The number of aromatic amines is 1. The zero-order valence-corrected chi connectivity index (χ0v) is 17.5. The second-order valence-electron chi connectivity index (χ2n) is 7.05. The average molecular weight is 468 g/mol. The number of carbonyl (C=O) groups is 1. The number of hydrazine groups is 1. The number of H-pyrrole nitrogens is 1. The van der Waals surface area contributed by atoms with Gasteiger partial charge >= 0.3 is 6.09 Å². The quantitative estimate of drug-likeness (QED) is 0.511. The van der Waals surface area contributed by atoms with Gasteiger partial charge in [0, 0.05) is 28.9 Å². The van der Waals surface area contributed by atoms with E-state index in [1.165, 1.54) is 7.11 Å². The Bertz CT molecular complexity index is 1180. The molecule has 1 atom stereocenters. The highest BCUT2D eigenvalue weighted by molar-refractivity contribution is 9.10. The maximum atomic E-state index is 11.6. The Hall–Kier alpha value is -3.46. The lowest BCUT2D eigenvalue weighted by atomic mass is 9.84. The number of aromatic hydroxyl groups is 1. The molecule has 1 aliphatic carbocycles. The minimum absolute atomic E-state index is 0.124. The molecule has 0 fully saturated rings. The molecular formula is C21H18BrN5O3. The van der Waals surface area contributed by atoms with Gasteiger partial charge in [0.15, 0.2) is 0 Å². The van der Waals surface area contributed by atoms with Gasteiger partial charge in [-0.3, -0.25) is 15.8 Å². The van der Waals surface area contributed by atoms with E-state index in [0.717, 1.165) is 40.2 Å². The Labute approximate surface area is 180 Å². The Morgan fingerprint density at radius 2 is 2.27 bits per heavy atom. The number of aliphatic imine (C=N–C) groups is 1. The number of benzene rings is 1. The molecule has 0 radical (unpaired) electrons. The first kappa shape index (κ1) is 18.6. The average Bonchev–Trinajstić information content (AvgIpc) is 3.11. The molecule has 152 valence electrons. The van der Waals surface area contributed by atoms with Crippen LogP contribution in [-0.2, 0) is 4.74 Å². The molecule has 8 nitrogen and oxygen atoms in total. The van der Waals surface area contributed by atoms with Crippen LogP contribution < -0.4 is 10.7 Å². The van der Waals surface area contributed by atoms with Crippen LogP contribution in [0.25, 0.3) is 11.8 Å². The van der Waals surface area contributed by atoms with Crippen LogP contribution in [0.4, 0.5) is 4.79 Å². The van der Waals surface area contributed by atoms with Gasteiger partial charge in [-0.15, -0.1) is 0 Å². The summed E-state index contributed by atoms with van der Waals surface area (Å²) < 4.78 is 5.33. The second kappa shape index (κ2) is 7.10. The summed E-state index contributed by atoms with van der Waals surface area (Å²) in [5, 5.41) is 14.3. The molecule has 2 aliphatic heterocycles. The number of aromatic nitrogens is 1. The van der Waals surface area contributed by atoms with Crippen LogP contribution >= 0.6 is 15.9 Å². The largest absolute Gasteiger partial charge is 0.507 e. The fourth-order valence-electron chi connectivity index (χ4n) is 3.93. The summed E-state index contributed by atoms with van der Waals surface area (Å²) in [4.78, 5) is 19.3. The van der Waals surface area contributed by atoms with Crippen molar-refractivity contribution in [3.8, 4) is 5.75 Å². The Morgan fingerprint density at radius 3 is 3.07 bits per heavy atom. The molecule has 1 aromatic carbocycles. The number of nitrogens with zero attached hydrogens (tertiary/aromatic N) is 2. The summed E-state index contributed by atoms with van der Waals surface area (Å²) in [7, 11) is 1.30. The first-order valence-corrected chi connectivity index (χ1v) is 10.1. The second-order valence-corrected chi connectivity index (χ2v) is 7.90. The Balaban J connectivity index is 1.53. The lowest BCUT2D eigenvalue weighted by molar-refractivity contribution is 0.176. The predicted octanol–water partition coefficient (Wildman–Crippen LogP) is 3.76. The number of hydrogen-bond acceptors (Lipinski definition) is 6. The number of phenols is 1. The number of fused-ring (bicyclic) bond motifs is 2. The van der Waals surface area contributed by atoms with Gasteiger partial charge in [-0.2, -0.15) is 0 Å². The van der Waals surface area contributed by atoms with Crippen molar-refractivity contribution in [2.45, 2.75) is 12.3 Å². The summed E-state index contributed by atoms with van der Waals surface area (Å²) in [6.45, 7) is 0. The van der Waals surface area contributed by atoms with Gasteiger partial charge in [-0.1, -0.05) is 18.2 Å². The number of alkyl carbamates (subject to hydrolysis) is 1. The third-order valence-electron chi connectivity index (χ3n) is 5.35. The number of ether oxygens (including phenoxy) is 1. The van der Waals surface area contributed by atoms with Crippen LogP contribution in [0.1, 0.15) is 34.7 Å². The third kappa shape index (κ3) is 2.98. The van der Waals surface area contributed by atoms with E-state index in [-0.39, 0.29) is 17.6 Å². The topological polar surface area (TPSA) is 102 Å². The number of amides is 1. The van der Waals surface area contributed by atoms with Gasteiger partial charge in [-0.05, 0) is 46.1 Å². The van der Waals surface area contributed by atoms with Crippen molar-refractivity contribution in [2.24, 2.45) is 4.99 Å². The van der Waals surface area contributed by atoms with E-state index in [1.54, 1.807) is 12.3 Å². The van der Waals surface area contributed by atoms with Gasteiger partial charge in [0.1, 0.15) is 5.75 Å². The van der Waals surface area contributed by atoms with Gasteiger partial charge in [-0.25, -0.2) is 9.79 Å². The molecule has 2 aromatic rings. The van der Waals surface area contributed by atoms with E-state index in [2.05, 4.69) is 47.5 Å². The first-order chi connectivity index (χ1) is 14.5. The summed E-state index contributed by atoms with van der Waals surface area (Å²) in [5.74, 6) is 0.626. The number of allylic oxidation sites excluding steroid dienone is 2. The summed E-state index contributed by atoms with van der Waals surface area (Å²) in [6.07, 6.45) is 10.0. The molecule has 0 saturated carbocycles. The van der Waals surface area contributed by atoms with E-state index in [1.807, 2.05) is 35.5 Å². The van der Waals surface area contributed by atoms with Crippen LogP contribution in [-0.4, -0.2) is 34.3 Å².